The lowest BCUT2D eigenvalue weighted by Crippen LogP contribution is -2.40. The quantitative estimate of drug-likeness (QED) is 0.0211. The number of likely N-dealkylation sites (N-methyl/N-ethyl adjacent to an activating group) is 1. The molecule has 0 aromatic rings. The molecular weight excluding hydrogens is 1220 g/mol. The number of nitrogens with zero attached hydrogens (tertiary/aromatic N) is 1. The Morgan fingerprint density at radius 3 is 0.869 bits per heavy atom. The normalized spacial score (nSPS) is 12.9. The van der Waals surface area contributed by atoms with Gasteiger partial charge in [-0.3, -0.25) is 9.59 Å². The van der Waals surface area contributed by atoms with Gasteiger partial charge in [0.05, 0.1) is 34.4 Å². The molecule has 99 heavy (non-hydrogen) atoms. The standard InChI is InChI=1S/C90H165NO8/c1-6-8-10-12-14-16-18-20-22-24-26-28-30-32-34-36-38-40-42-43-44-45-47-48-50-52-54-56-58-60-62-64-66-68-70-72-74-76-78-80-87(92)97-84-86(85-98-90(89(94)95)96-83-82-91(3,4)5)99-88(93)81-79-77-75-73-71-69-67-65-63-61-59-57-55-53-51-49-46-41-39-37-35-33-31-29-27-25-23-21-19-17-15-13-11-9-7-2/h9,11,15,17,21,23-24,26-27,29,33,35,86,90H,6-8,10,12-14,16,18-20,22,25,28,30-32,34,36-85H2,1-5H3/p+1/b11-9-,17-15-,23-21-,26-24-,29-27-,35-33-. The van der Waals surface area contributed by atoms with Crippen LogP contribution in [0.4, 0.5) is 0 Å². The molecule has 2 atom stereocenters. The molecule has 0 fully saturated rings. The molecule has 0 aliphatic rings. The number of unbranched alkanes of at least 4 members (excludes halogenated alkanes) is 54. The largest absolute Gasteiger partial charge is 0.477 e. The van der Waals surface area contributed by atoms with Crippen molar-refractivity contribution in [2.75, 3.05) is 47.5 Å². The lowest BCUT2D eigenvalue weighted by Gasteiger charge is -2.25. The van der Waals surface area contributed by atoms with Gasteiger partial charge in [0.1, 0.15) is 13.2 Å². The van der Waals surface area contributed by atoms with Gasteiger partial charge in [0.2, 0.25) is 0 Å². The summed E-state index contributed by atoms with van der Waals surface area (Å²) in [6.45, 7) is 4.83. The molecule has 0 spiro atoms. The number of allylic oxidation sites excluding steroid dienone is 12. The van der Waals surface area contributed by atoms with E-state index in [-0.39, 0.29) is 38.2 Å². The zero-order valence-electron chi connectivity index (χ0n) is 66.4. The maximum Gasteiger partial charge on any atom is 0.361 e. The number of esters is 2. The summed E-state index contributed by atoms with van der Waals surface area (Å²) in [5.41, 5.74) is 0. The monoisotopic (exact) mass is 1390 g/mol. The van der Waals surface area contributed by atoms with Crippen molar-refractivity contribution in [2.45, 2.75) is 437 Å². The van der Waals surface area contributed by atoms with Gasteiger partial charge in [-0.2, -0.15) is 0 Å². The first-order valence-electron chi connectivity index (χ1n) is 43.1. The van der Waals surface area contributed by atoms with Crippen LogP contribution in [0.25, 0.3) is 0 Å². The fourth-order valence-electron chi connectivity index (χ4n) is 12.9. The van der Waals surface area contributed by atoms with Crippen LogP contribution in [0.3, 0.4) is 0 Å². The van der Waals surface area contributed by atoms with Crippen molar-refractivity contribution in [3.8, 4) is 0 Å². The van der Waals surface area contributed by atoms with E-state index in [1.807, 2.05) is 21.1 Å². The average Bonchev–Trinajstić information content (AvgIpc) is 1.16. The van der Waals surface area contributed by atoms with Gasteiger partial charge < -0.3 is 28.5 Å². The predicted molar refractivity (Wildman–Crippen MR) is 429 cm³/mol. The van der Waals surface area contributed by atoms with Crippen molar-refractivity contribution in [2.24, 2.45) is 0 Å². The van der Waals surface area contributed by atoms with Crippen LogP contribution < -0.4 is 0 Å². The number of carbonyl (C=O) groups excluding carboxylic acids is 2. The van der Waals surface area contributed by atoms with Gasteiger partial charge in [0, 0.05) is 12.8 Å². The number of hydrogen-bond acceptors (Lipinski definition) is 7. The second-order valence-electron chi connectivity index (χ2n) is 30.5. The Morgan fingerprint density at radius 1 is 0.313 bits per heavy atom. The summed E-state index contributed by atoms with van der Waals surface area (Å²) in [4.78, 5) is 37.8. The molecule has 9 heteroatoms. The van der Waals surface area contributed by atoms with E-state index in [4.69, 9.17) is 18.9 Å². The smallest absolute Gasteiger partial charge is 0.361 e. The van der Waals surface area contributed by atoms with Crippen LogP contribution >= 0.6 is 0 Å². The second-order valence-corrected chi connectivity index (χ2v) is 30.5. The average molecular weight is 1390 g/mol. The highest BCUT2D eigenvalue weighted by Gasteiger charge is 2.25. The highest BCUT2D eigenvalue weighted by atomic mass is 16.7. The third-order valence-electron chi connectivity index (χ3n) is 19.4. The molecule has 0 bridgehead atoms. The second kappa shape index (κ2) is 80.4. The van der Waals surface area contributed by atoms with Crippen molar-refractivity contribution in [3.05, 3.63) is 72.9 Å². The zero-order valence-corrected chi connectivity index (χ0v) is 66.4. The lowest BCUT2D eigenvalue weighted by molar-refractivity contribution is -0.870. The minimum atomic E-state index is -1.51. The molecule has 9 nitrogen and oxygen atoms in total. The number of ether oxygens (including phenoxy) is 4. The van der Waals surface area contributed by atoms with Crippen LogP contribution in [0.2, 0.25) is 0 Å². The Balaban J connectivity index is 3.93. The summed E-state index contributed by atoms with van der Waals surface area (Å²) in [6, 6.07) is 0. The zero-order chi connectivity index (χ0) is 71.8. The van der Waals surface area contributed by atoms with Gasteiger partial charge in [-0.15, -0.1) is 0 Å². The first-order chi connectivity index (χ1) is 48.6. The summed E-state index contributed by atoms with van der Waals surface area (Å²) >= 11 is 0. The fraction of sp³-hybridized carbons (Fsp3) is 0.833. The Morgan fingerprint density at radius 2 is 0.576 bits per heavy atom. The summed E-state index contributed by atoms with van der Waals surface area (Å²) in [5, 5.41) is 9.79. The number of aliphatic carboxylic acids is 1. The number of quaternary nitrogens is 1. The minimum absolute atomic E-state index is 0.177. The Hall–Kier alpha value is -3.27. The summed E-state index contributed by atoms with van der Waals surface area (Å²) in [5.74, 6) is -1.97. The molecule has 0 rings (SSSR count). The highest BCUT2D eigenvalue weighted by molar-refractivity contribution is 5.71. The van der Waals surface area contributed by atoms with E-state index < -0.39 is 18.4 Å². The minimum Gasteiger partial charge on any atom is -0.477 e. The van der Waals surface area contributed by atoms with Crippen LogP contribution in [0, 0.1) is 0 Å². The van der Waals surface area contributed by atoms with E-state index in [2.05, 4.69) is 86.8 Å². The van der Waals surface area contributed by atoms with E-state index in [0.29, 0.717) is 17.4 Å². The van der Waals surface area contributed by atoms with Crippen LogP contribution in [0.1, 0.15) is 425 Å². The first kappa shape index (κ1) is 95.7. The van der Waals surface area contributed by atoms with E-state index in [0.717, 1.165) is 70.6 Å². The number of carboxylic acids is 1. The van der Waals surface area contributed by atoms with Gasteiger partial charge in [-0.1, -0.05) is 401 Å². The summed E-state index contributed by atoms with van der Waals surface area (Å²) < 4.78 is 23.1. The van der Waals surface area contributed by atoms with Crippen molar-refractivity contribution >= 4 is 17.9 Å². The number of carboxylic acid groups (broad SMARTS) is 1. The van der Waals surface area contributed by atoms with Gasteiger partial charge >= 0.3 is 17.9 Å². The third-order valence-corrected chi connectivity index (χ3v) is 19.4. The van der Waals surface area contributed by atoms with Crippen LogP contribution in [-0.4, -0.2) is 87.4 Å². The van der Waals surface area contributed by atoms with E-state index in [1.54, 1.807) is 0 Å². The first-order valence-corrected chi connectivity index (χ1v) is 43.1. The van der Waals surface area contributed by atoms with E-state index in [1.165, 1.54) is 327 Å². The molecule has 0 aliphatic heterocycles. The van der Waals surface area contributed by atoms with Gasteiger partial charge in [0.15, 0.2) is 6.10 Å². The molecular formula is C90H166NO8+. The summed E-state index contributed by atoms with van der Waals surface area (Å²) in [7, 11) is 6.00. The van der Waals surface area contributed by atoms with Crippen LogP contribution in [0.5, 0.6) is 0 Å². The maximum atomic E-state index is 13.0. The predicted octanol–water partition coefficient (Wildman–Crippen LogP) is 27.9. The van der Waals surface area contributed by atoms with Crippen molar-refractivity contribution < 1.29 is 42.9 Å². The number of hydrogen-bond donors (Lipinski definition) is 1. The summed E-state index contributed by atoms with van der Waals surface area (Å²) in [6.07, 6.45) is 107. The van der Waals surface area contributed by atoms with Crippen molar-refractivity contribution in [3.63, 3.8) is 0 Å². The van der Waals surface area contributed by atoms with E-state index in [9.17, 15) is 19.5 Å². The third kappa shape index (κ3) is 81.9. The molecule has 0 radical (unpaired) electrons. The molecule has 0 heterocycles. The van der Waals surface area contributed by atoms with Gasteiger partial charge in [0.25, 0.3) is 6.29 Å². The molecule has 0 aromatic carbocycles. The lowest BCUT2D eigenvalue weighted by atomic mass is 10.0. The molecule has 0 saturated carbocycles. The Bertz CT molecular complexity index is 1860. The Labute approximate surface area is 615 Å². The number of rotatable bonds is 81. The van der Waals surface area contributed by atoms with Crippen LogP contribution in [-0.2, 0) is 33.3 Å². The molecule has 0 saturated heterocycles. The van der Waals surface area contributed by atoms with Crippen molar-refractivity contribution in [1.82, 2.24) is 0 Å². The molecule has 578 valence electrons. The molecule has 0 aliphatic carbocycles. The van der Waals surface area contributed by atoms with E-state index >= 15 is 0 Å². The highest BCUT2D eigenvalue weighted by Crippen LogP contribution is 2.20. The van der Waals surface area contributed by atoms with Crippen LogP contribution in [0.15, 0.2) is 72.9 Å². The number of carbonyl (C=O) groups is 3. The van der Waals surface area contributed by atoms with Gasteiger partial charge in [-0.05, 0) is 83.5 Å². The molecule has 0 amide bonds. The SMILES string of the molecule is CC/C=C\C/C=C\C/C=C\C/C=C\C/C=C\CCCCCCCCCCCCCCCCCCCCCC(=O)OC(COC(=O)CCCCCCCCCCCCCCCCCCCCCCCCCCCCC/C=C\CCCCCCCCCC)COC(OCC[N+](C)(C)C)C(=O)O. The van der Waals surface area contributed by atoms with Crippen molar-refractivity contribution in [1.29, 1.82) is 0 Å². The molecule has 2 unspecified atom stereocenters. The van der Waals surface area contributed by atoms with Gasteiger partial charge in [-0.25, -0.2) is 4.79 Å². The molecule has 0 aromatic heterocycles. The maximum absolute atomic E-state index is 13.0. The Kier molecular flexibility index (Phi) is 77.8. The fourth-order valence-corrected chi connectivity index (χ4v) is 12.9. The topological polar surface area (TPSA) is 108 Å². The molecule has 1 N–H and O–H groups in total.